The smallest absolute Gasteiger partial charge is 0.409 e. The van der Waals surface area contributed by atoms with E-state index in [1.54, 1.807) is 11.8 Å². The number of ether oxygens (including phenoxy) is 1. The zero-order valence-electron chi connectivity index (χ0n) is 11.8. The molecule has 0 saturated carbocycles. The Morgan fingerprint density at radius 2 is 2.19 bits per heavy atom. The van der Waals surface area contributed by atoms with E-state index in [4.69, 9.17) is 4.74 Å². The predicted octanol–water partition coefficient (Wildman–Crippen LogP) is 1.57. The fourth-order valence-electron chi connectivity index (χ4n) is 2.23. The molecule has 1 aromatic heterocycles. The maximum atomic E-state index is 13.0. The summed E-state index contributed by atoms with van der Waals surface area (Å²) >= 11 is 0. The first kappa shape index (κ1) is 15.2. The van der Waals surface area contributed by atoms with Crippen LogP contribution in [0.5, 0.6) is 0 Å². The van der Waals surface area contributed by atoms with Gasteiger partial charge in [0.15, 0.2) is 0 Å². The van der Waals surface area contributed by atoms with Crippen LogP contribution in [-0.2, 0) is 4.74 Å². The molecule has 0 aliphatic carbocycles. The summed E-state index contributed by atoms with van der Waals surface area (Å²) in [5.41, 5.74) is 0.246. The largest absolute Gasteiger partial charge is 0.450 e. The normalized spacial score (nSPS) is 15.6. The lowest BCUT2D eigenvalue weighted by Crippen LogP contribution is -2.46. The topological polar surface area (TPSA) is 71.5 Å². The molecule has 0 atom stereocenters. The van der Waals surface area contributed by atoms with Gasteiger partial charge in [0, 0.05) is 37.0 Å². The number of piperidine rings is 1. The minimum atomic E-state index is -0.681. The van der Waals surface area contributed by atoms with Crippen molar-refractivity contribution >= 4 is 12.0 Å². The monoisotopic (exact) mass is 295 g/mol. The fourth-order valence-corrected chi connectivity index (χ4v) is 2.23. The first-order chi connectivity index (χ1) is 10.1. The number of hydrogen-bond acceptors (Lipinski definition) is 4. The molecule has 1 aliphatic heterocycles. The molecule has 7 heteroatoms. The highest BCUT2D eigenvalue weighted by Crippen LogP contribution is 2.12. The Kier molecular flexibility index (Phi) is 5.08. The number of halogens is 1. The SMILES string of the molecule is CCOC(=O)N1CCC(NC(=O)c2ccnc(F)c2)CC1. The summed E-state index contributed by atoms with van der Waals surface area (Å²) in [6.45, 7) is 3.19. The summed E-state index contributed by atoms with van der Waals surface area (Å²) in [5.74, 6) is -1.01. The lowest BCUT2D eigenvalue weighted by atomic mass is 10.0. The zero-order valence-corrected chi connectivity index (χ0v) is 11.8. The van der Waals surface area contributed by atoms with Crippen LogP contribution in [0.2, 0.25) is 0 Å². The summed E-state index contributed by atoms with van der Waals surface area (Å²) in [7, 11) is 0. The van der Waals surface area contributed by atoms with Gasteiger partial charge in [0.2, 0.25) is 5.95 Å². The maximum Gasteiger partial charge on any atom is 0.409 e. The number of carbonyl (C=O) groups is 2. The van der Waals surface area contributed by atoms with Gasteiger partial charge in [-0.05, 0) is 25.8 Å². The Morgan fingerprint density at radius 1 is 1.48 bits per heavy atom. The van der Waals surface area contributed by atoms with Gasteiger partial charge in [-0.25, -0.2) is 9.78 Å². The molecule has 2 rings (SSSR count). The van der Waals surface area contributed by atoms with E-state index in [9.17, 15) is 14.0 Å². The lowest BCUT2D eigenvalue weighted by Gasteiger charge is -2.31. The highest BCUT2D eigenvalue weighted by molar-refractivity contribution is 5.94. The van der Waals surface area contributed by atoms with Crippen molar-refractivity contribution in [2.24, 2.45) is 0 Å². The van der Waals surface area contributed by atoms with Crippen molar-refractivity contribution in [3.63, 3.8) is 0 Å². The molecule has 0 spiro atoms. The summed E-state index contributed by atoms with van der Waals surface area (Å²) in [6, 6.07) is 2.54. The number of aromatic nitrogens is 1. The predicted molar refractivity (Wildman–Crippen MR) is 73.3 cm³/mol. The van der Waals surface area contributed by atoms with Crippen LogP contribution in [0.3, 0.4) is 0 Å². The van der Waals surface area contributed by atoms with Crippen molar-refractivity contribution in [1.82, 2.24) is 15.2 Å². The van der Waals surface area contributed by atoms with Crippen molar-refractivity contribution in [2.75, 3.05) is 19.7 Å². The molecule has 21 heavy (non-hydrogen) atoms. The van der Waals surface area contributed by atoms with Crippen LogP contribution in [0.25, 0.3) is 0 Å². The van der Waals surface area contributed by atoms with Gasteiger partial charge in [-0.15, -0.1) is 0 Å². The van der Waals surface area contributed by atoms with Crippen LogP contribution in [0.15, 0.2) is 18.3 Å². The molecule has 6 nitrogen and oxygen atoms in total. The quantitative estimate of drug-likeness (QED) is 0.859. The van der Waals surface area contributed by atoms with E-state index in [1.807, 2.05) is 0 Å². The highest BCUT2D eigenvalue weighted by atomic mass is 19.1. The molecule has 1 saturated heterocycles. The Morgan fingerprint density at radius 3 is 2.81 bits per heavy atom. The van der Waals surface area contributed by atoms with Crippen LogP contribution < -0.4 is 5.32 Å². The number of carbonyl (C=O) groups excluding carboxylic acids is 2. The average Bonchev–Trinajstić information content (AvgIpc) is 2.48. The summed E-state index contributed by atoms with van der Waals surface area (Å²) < 4.78 is 17.9. The molecule has 2 heterocycles. The molecular formula is C14H18FN3O3. The summed E-state index contributed by atoms with van der Waals surface area (Å²) in [5, 5.41) is 2.84. The molecule has 2 amide bonds. The van der Waals surface area contributed by atoms with E-state index < -0.39 is 5.95 Å². The molecule has 0 bridgehead atoms. The van der Waals surface area contributed by atoms with Crippen LogP contribution >= 0.6 is 0 Å². The molecule has 0 radical (unpaired) electrons. The van der Waals surface area contributed by atoms with E-state index in [0.29, 0.717) is 32.5 Å². The average molecular weight is 295 g/mol. The fraction of sp³-hybridized carbons (Fsp3) is 0.500. The van der Waals surface area contributed by atoms with Crippen LogP contribution in [0.4, 0.5) is 9.18 Å². The van der Waals surface area contributed by atoms with E-state index in [1.165, 1.54) is 12.3 Å². The number of pyridine rings is 1. The molecule has 114 valence electrons. The van der Waals surface area contributed by atoms with E-state index in [0.717, 1.165) is 6.07 Å². The van der Waals surface area contributed by atoms with Crippen LogP contribution in [0.1, 0.15) is 30.1 Å². The van der Waals surface area contributed by atoms with Gasteiger partial charge < -0.3 is 15.0 Å². The molecule has 1 N–H and O–H groups in total. The third-order valence-corrected chi connectivity index (χ3v) is 3.34. The number of hydrogen-bond donors (Lipinski definition) is 1. The van der Waals surface area contributed by atoms with Gasteiger partial charge >= 0.3 is 6.09 Å². The van der Waals surface area contributed by atoms with Crippen molar-refractivity contribution in [1.29, 1.82) is 0 Å². The van der Waals surface area contributed by atoms with Crippen LogP contribution in [-0.4, -0.2) is 47.6 Å². The van der Waals surface area contributed by atoms with Crippen LogP contribution in [0, 0.1) is 5.95 Å². The van der Waals surface area contributed by atoms with Gasteiger partial charge in [-0.1, -0.05) is 0 Å². The van der Waals surface area contributed by atoms with E-state index in [-0.39, 0.29) is 23.6 Å². The Hall–Kier alpha value is -2.18. The number of nitrogens with zero attached hydrogens (tertiary/aromatic N) is 2. The Balaban J connectivity index is 1.83. The van der Waals surface area contributed by atoms with Gasteiger partial charge in [0.05, 0.1) is 6.61 Å². The minimum Gasteiger partial charge on any atom is -0.450 e. The Bertz CT molecular complexity index is 516. The second-order valence-electron chi connectivity index (χ2n) is 4.80. The van der Waals surface area contributed by atoms with Crippen molar-refractivity contribution in [2.45, 2.75) is 25.8 Å². The number of amides is 2. The number of rotatable bonds is 3. The van der Waals surface area contributed by atoms with Crippen molar-refractivity contribution in [3.8, 4) is 0 Å². The second-order valence-corrected chi connectivity index (χ2v) is 4.80. The second kappa shape index (κ2) is 7.01. The van der Waals surface area contributed by atoms with Gasteiger partial charge in [0.25, 0.3) is 5.91 Å². The first-order valence-electron chi connectivity index (χ1n) is 6.94. The molecule has 1 aromatic rings. The van der Waals surface area contributed by atoms with Crippen molar-refractivity contribution < 1.29 is 18.7 Å². The Labute approximate surface area is 122 Å². The first-order valence-corrected chi connectivity index (χ1v) is 6.94. The summed E-state index contributed by atoms with van der Waals surface area (Å²) in [4.78, 5) is 28.6. The van der Waals surface area contributed by atoms with E-state index >= 15 is 0 Å². The maximum absolute atomic E-state index is 13.0. The van der Waals surface area contributed by atoms with Crippen molar-refractivity contribution in [3.05, 3.63) is 29.8 Å². The molecule has 0 aromatic carbocycles. The number of nitrogens with one attached hydrogen (secondary N) is 1. The third kappa shape index (κ3) is 4.14. The molecular weight excluding hydrogens is 277 g/mol. The zero-order chi connectivity index (χ0) is 15.2. The minimum absolute atomic E-state index is 0.0283. The third-order valence-electron chi connectivity index (χ3n) is 3.34. The summed E-state index contributed by atoms with van der Waals surface area (Å²) in [6.07, 6.45) is 2.24. The van der Waals surface area contributed by atoms with Gasteiger partial charge in [-0.2, -0.15) is 4.39 Å². The number of likely N-dealkylation sites (tertiary alicyclic amines) is 1. The molecule has 0 unspecified atom stereocenters. The lowest BCUT2D eigenvalue weighted by molar-refractivity contribution is 0.0859. The molecule has 1 fully saturated rings. The standard InChI is InChI=1S/C14H18FN3O3/c1-2-21-14(20)18-7-4-11(5-8-18)17-13(19)10-3-6-16-12(15)9-10/h3,6,9,11H,2,4-5,7-8H2,1H3,(H,17,19). The molecule has 1 aliphatic rings. The van der Waals surface area contributed by atoms with Gasteiger partial charge in [0.1, 0.15) is 0 Å². The van der Waals surface area contributed by atoms with E-state index in [2.05, 4.69) is 10.3 Å². The highest BCUT2D eigenvalue weighted by Gasteiger charge is 2.24. The van der Waals surface area contributed by atoms with Gasteiger partial charge in [-0.3, -0.25) is 4.79 Å².